The molecule has 2 aromatic rings. The summed E-state index contributed by atoms with van der Waals surface area (Å²) in [5, 5.41) is 16.5. The molecule has 0 unspecified atom stereocenters. The van der Waals surface area contributed by atoms with Gasteiger partial charge in [0.2, 0.25) is 17.5 Å². The zero-order chi connectivity index (χ0) is 36.5. The third-order valence-corrected chi connectivity index (χ3v) is 8.04. The van der Waals surface area contributed by atoms with E-state index in [-0.39, 0.29) is 32.5 Å². The molecule has 0 spiro atoms. The monoisotopic (exact) mass is 696 g/mol. The fourth-order valence-electron chi connectivity index (χ4n) is 5.16. The van der Waals surface area contributed by atoms with E-state index in [0.717, 1.165) is 5.56 Å². The number of hydrogen-bond acceptors (Lipinski definition) is 10. The minimum absolute atomic E-state index is 0.0861. The molecule has 0 bridgehead atoms. The summed E-state index contributed by atoms with van der Waals surface area (Å²) in [5.74, 6) is -4.57. The molecular weight excluding hydrogens is 652 g/mol. The van der Waals surface area contributed by atoms with Crippen molar-refractivity contribution in [2.45, 2.75) is 76.3 Å². The number of carboxylic acid groups (broad SMARTS) is 1. The molecule has 0 aromatic heterocycles. The number of carbonyl (C=O) groups excluding carboxylic acids is 6. The van der Waals surface area contributed by atoms with Gasteiger partial charge in [-0.05, 0) is 44.6 Å². The van der Waals surface area contributed by atoms with Crippen molar-refractivity contribution in [3.63, 3.8) is 0 Å². The smallest absolute Gasteiger partial charge is 0.407 e. The predicted molar refractivity (Wildman–Crippen MR) is 177 cm³/mol. The van der Waals surface area contributed by atoms with E-state index in [0.29, 0.717) is 24.8 Å². The highest BCUT2D eigenvalue weighted by molar-refractivity contribution is 5.99. The van der Waals surface area contributed by atoms with Crippen molar-refractivity contribution in [1.29, 1.82) is 0 Å². The van der Waals surface area contributed by atoms with Crippen LogP contribution < -0.4 is 16.0 Å². The molecule has 1 saturated heterocycles. The van der Waals surface area contributed by atoms with Crippen LogP contribution in [0.2, 0.25) is 0 Å². The van der Waals surface area contributed by atoms with Crippen LogP contribution in [-0.4, -0.2) is 96.2 Å². The molecule has 0 radical (unpaired) electrons. The normalized spacial score (nSPS) is 15.6. The Hall–Kier alpha value is -5.31. The average molecular weight is 697 g/mol. The van der Waals surface area contributed by atoms with E-state index in [2.05, 4.69) is 16.0 Å². The first-order valence-electron chi connectivity index (χ1n) is 16.3. The van der Waals surface area contributed by atoms with E-state index in [9.17, 15) is 33.6 Å². The van der Waals surface area contributed by atoms with Gasteiger partial charge < -0.3 is 40.2 Å². The highest BCUT2D eigenvalue weighted by Crippen LogP contribution is 2.22. The number of carbonyl (C=O) groups is 7. The highest BCUT2D eigenvalue weighted by atomic mass is 16.5. The van der Waals surface area contributed by atoms with Crippen molar-refractivity contribution < 1.29 is 52.9 Å². The molecular formula is C35H44N4O11. The van der Waals surface area contributed by atoms with Crippen molar-refractivity contribution >= 4 is 41.5 Å². The van der Waals surface area contributed by atoms with Crippen molar-refractivity contribution in [2.24, 2.45) is 0 Å². The van der Waals surface area contributed by atoms with Crippen LogP contribution in [0.4, 0.5) is 4.79 Å². The first-order chi connectivity index (χ1) is 23.9. The van der Waals surface area contributed by atoms with Gasteiger partial charge >= 0.3 is 18.0 Å². The van der Waals surface area contributed by atoms with Crippen molar-refractivity contribution in [3.8, 4) is 0 Å². The molecule has 15 nitrogen and oxygen atoms in total. The fraction of sp³-hybridized carbons (Fsp3) is 0.457. The number of nitrogens with one attached hydrogen (secondary N) is 3. The van der Waals surface area contributed by atoms with E-state index >= 15 is 0 Å². The van der Waals surface area contributed by atoms with Gasteiger partial charge in [-0.25, -0.2) is 9.59 Å². The number of benzene rings is 2. The summed E-state index contributed by atoms with van der Waals surface area (Å²) in [7, 11) is 1.17. The second kappa shape index (κ2) is 19.6. The van der Waals surface area contributed by atoms with Crippen molar-refractivity contribution in [1.82, 2.24) is 20.9 Å². The minimum Gasteiger partial charge on any atom is -0.481 e. The second-order valence-electron chi connectivity index (χ2n) is 11.8. The van der Waals surface area contributed by atoms with E-state index in [1.807, 2.05) is 30.3 Å². The Bertz CT molecular complexity index is 1490. The lowest BCUT2D eigenvalue weighted by Gasteiger charge is -2.32. The Morgan fingerprint density at radius 2 is 1.62 bits per heavy atom. The molecule has 0 saturated carbocycles. The lowest BCUT2D eigenvalue weighted by atomic mass is 10.1. The number of aliphatic carboxylic acids is 1. The quantitative estimate of drug-likeness (QED) is 0.0726. The average Bonchev–Trinajstić information content (AvgIpc) is 3.62. The summed E-state index contributed by atoms with van der Waals surface area (Å²) < 4.78 is 15.8. The van der Waals surface area contributed by atoms with Crippen LogP contribution >= 0.6 is 0 Å². The summed E-state index contributed by atoms with van der Waals surface area (Å²) in [6.45, 7) is 1.26. The molecule has 4 amide bonds. The van der Waals surface area contributed by atoms with Crippen molar-refractivity contribution in [2.75, 3.05) is 26.8 Å². The number of methoxy groups -OCH3 is 1. The number of esters is 1. The largest absolute Gasteiger partial charge is 0.481 e. The van der Waals surface area contributed by atoms with Crippen LogP contribution in [0.25, 0.3) is 0 Å². The SMILES string of the molecule is CO[C@@](C)(NC(=O)CCC(=O)O)C(=O)N[C@@H](CCCCNC(=O)OCc1ccccc1)C(=O)N1CCC[C@H]1C(=O)OCC(=O)c1ccccc1. The van der Waals surface area contributed by atoms with Gasteiger partial charge in [0.25, 0.3) is 5.91 Å². The molecule has 15 heteroatoms. The van der Waals surface area contributed by atoms with E-state index in [1.54, 1.807) is 30.3 Å². The van der Waals surface area contributed by atoms with Gasteiger partial charge in [-0.15, -0.1) is 0 Å². The minimum atomic E-state index is -1.96. The number of ether oxygens (including phenoxy) is 3. The Morgan fingerprint density at radius 1 is 0.940 bits per heavy atom. The summed E-state index contributed by atoms with van der Waals surface area (Å²) in [6, 6.07) is 15.3. The number of unbranched alkanes of at least 4 members (excludes halogenated alkanes) is 1. The van der Waals surface area contributed by atoms with Crippen LogP contribution in [0.3, 0.4) is 0 Å². The van der Waals surface area contributed by atoms with Crippen molar-refractivity contribution in [3.05, 3.63) is 71.8 Å². The van der Waals surface area contributed by atoms with Gasteiger partial charge in [0, 0.05) is 32.2 Å². The summed E-state index contributed by atoms with van der Waals surface area (Å²) in [4.78, 5) is 89.6. The highest BCUT2D eigenvalue weighted by Gasteiger charge is 2.41. The summed E-state index contributed by atoms with van der Waals surface area (Å²) >= 11 is 0. The number of alkyl carbamates (subject to hydrolysis) is 1. The molecule has 4 N–H and O–H groups in total. The maximum Gasteiger partial charge on any atom is 0.407 e. The van der Waals surface area contributed by atoms with Crippen LogP contribution in [-0.2, 0) is 44.8 Å². The third kappa shape index (κ3) is 12.3. The fourth-order valence-corrected chi connectivity index (χ4v) is 5.16. The topological polar surface area (TPSA) is 207 Å². The zero-order valence-electron chi connectivity index (χ0n) is 28.2. The van der Waals surface area contributed by atoms with Gasteiger partial charge in [0.15, 0.2) is 12.4 Å². The Labute approximate surface area is 290 Å². The number of Topliss-reactive ketones (excluding diaryl/α,β-unsaturated/α-hetero) is 1. The van der Waals surface area contributed by atoms with Gasteiger partial charge in [-0.3, -0.25) is 24.0 Å². The van der Waals surface area contributed by atoms with Crippen LogP contribution in [0.15, 0.2) is 60.7 Å². The Balaban J connectivity index is 1.64. The number of nitrogens with zero attached hydrogens (tertiary/aromatic N) is 1. The summed E-state index contributed by atoms with van der Waals surface area (Å²) in [6.07, 6.45) is 0.106. The number of hydrogen-bond donors (Lipinski definition) is 4. The van der Waals surface area contributed by atoms with E-state index in [4.69, 9.17) is 19.3 Å². The molecule has 3 rings (SSSR count). The zero-order valence-corrected chi connectivity index (χ0v) is 28.2. The number of ketones is 1. The van der Waals surface area contributed by atoms with Gasteiger partial charge in [0.05, 0.1) is 6.42 Å². The number of carboxylic acids is 1. The lowest BCUT2D eigenvalue weighted by Crippen LogP contribution is -2.62. The lowest BCUT2D eigenvalue weighted by molar-refractivity contribution is -0.156. The number of amides is 4. The van der Waals surface area contributed by atoms with E-state index < -0.39 is 78.8 Å². The molecule has 1 aliphatic rings. The first-order valence-corrected chi connectivity index (χ1v) is 16.3. The molecule has 1 aliphatic heterocycles. The molecule has 3 atom stereocenters. The molecule has 50 heavy (non-hydrogen) atoms. The number of likely N-dealkylation sites (tertiary alicyclic amines) is 1. The number of rotatable bonds is 19. The maximum atomic E-state index is 13.9. The third-order valence-electron chi connectivity index (χ3n) is 8.04. The second-order valence-corrected chi connectivity index (χ2v) is 11.8. The summed E-state index contributed by atoms with van der Waals surface area (Å²) in [5.41, 5.74) is -0.760. The molecule has 0 aliphatic carbocycles. The van der Waals surface area contributed by atoms with E-state index in [1.165, 1.54) is 18.9 Å². The van der Waals surface area contributed by atoms with Crippen LogP contribution in [0.1, 0.15) is 67.8 Å². The van der Waals surface area contributed by atoms with Gasteiger partial charge in [-0.1, -0.05) is 60.7 Å². The first kappa shape index (κ1) is 39.1. The standard InChI is InChI=1S/C35H44N4O11/c1-35(48-2,38-29(41)18-19-30(42)43)33(46)37-26(16-9-10-20-36-34(47)50-22-24-12-5-3-6-13-24)31(44)39-21-11-17-27(39)32(45)49-23-28(40)25-14-7-4-8-15-25/h3-8,12-15,26-27H,9-11,16-23H2,1-2H3,(H,36,47)(H,37,46)(H,38,41)(H,42,43)/t26-,27-,35+/m0/s1. The van der Waals surface area contributed by atoms with Crippen LogP contribution in [0.5, 0.6) is 0 Å². The molecule has 1 heterocycles. The Kier molecular flexibility index (Phi) is 15.4. The Morgan fingerprint density at radius 3 is 2.28 bits per heavy atom. The van der Waals surface area contributed by atoms with Gasteiger partial charge in [0.1, 0.15) is 18.7 Å². The molecule has 2 aromatic carbocycles. The maximum absolute atomic E-state index is 13.9. The molecule has 270 valence electrons. The van der Waals surface area contributed by atoms with Crippen LogP contribution in [0, 0.1) is 0 Å². The van der Waals surface area contributed by atoms with Gasteiger partial charge in [-0.2, -0.15) is 0 Å². The predicted octanol–water partition coefficient (Wildman–Crippen LogP) is 2.33. The molecule has 1 fully saturated rings.